The van der Waals surface area contributed by atoms with Crippen molar-refractivity contribution in [3.63, 3.8) is 0 Å². The first-order valence-electron chi connectivity index (χ1n) is 5.23. The summed E-state index contributed by atoms with van der Waals surface area (Å²) in [5.74, 6) is -0.258. The van der Waals surface area contributed by atoms with Crippen LogP contribution in [0.2, 0.25) is 0 Å². The van der Waals surface area contributed by atoms with Crippen molar-refractivity contribution in [2.24, 2.45) is 0 Å². The third-order valence-electron chi connectivity index (χ3n) is 2.69. The van der Waals surface area contributed by atoms with Crippen molar-refractivity contribution in [1.29, 1.82) is 0 Å². The topological polar surface area (TPSA) is 42.7 Å². The summed E-state index contributed by atoms with van der Waals surface area (Å²) in [5.41, 5.74) is 1.55. The van der Waals surface area contributed by atoms with Gasteiger partial charge < -0.3 is 5.32 Å². The van der Waals surface area contributed by atoms with Gasteiger partial charge in [0, 0.05) is 19.3 Å². The standard InChI is InChI=1S/C11H11FN4.2ClH/c12-10-9-7-13-5-6-16(9)15-11(10)8-3-1-2-4-14-8;;/h1-4,13H,5-7H2;2*1H. The zero-order valence-corrected chi connectivity index (χ0v) is 11.1. The Morgan fingerprint density at radius 2 is 2.11 bits per heavy atom. The highest BCUT2D eigenvalue weighted by atomic mass is 35.5. The molecular formula is C11H13Cl2FN4. The number of halogens is 3. The Morgan fingerprint density at radius 3 is 2.78 bits per heavy atom. The molecule has 1 aliphatic rings. The molecule has 1 aliphatic heterocycles. The molecule has 3 heterocycles. The fourth-order valence-electron chi connectivity index (χ4n) is 1.89. The van der Waals surface area contributed by atoms with E-state index >= 15 is 0 Å². The SMILES string of the molecule is Cl.Cl.Fc1c(-c2ccccn2)nn2c1CNCC2. The molecule has 4 nitrogen and oxygen atoms in total. The maximum absolute atomic E-state index is 14.0. The number of hydrogen-bond acceptors (Lipinski definition) is 3. The Balaban J connectivity index is 0.000000810. The fourth-order valence-corrected chi connectivity index (χ4v) is 1.89. The quantitative estimate of drug-likeness (QED) is 0.874. The van der Waals surface area contributed by atoms with Crippen LogP contribution in [0.1, 0.15) is 5.69 Å². The van der Waals surface area contributed by atoms with Crippen molar-refractivity contribution in [2.75, 3.05) is 6.54 Å². The van der Waals surface area contributed by atoms with Crippen molar-refractivity contribution in [2.45, 2.75) is 13.1 Å². The molecule has 0 aliphatic carbocycles. The molecule has 0 spiro atoms. The molecule has 2 aromatic rings. The number of pyridine rings is 1. The van der Waals surface area contributed by atoms with Crippen LogP contribution in [0.25, 0.3) is 11.4 Å². The number of hydrogen-bond donors (Lipinski definition) is 1. The molecule has 0 atom stereocenters. The molecule has 0 radical (unpaired) electrons. The molecule has 2 aromatic heterocycles. The predicted molar refractivity (Wildman–Crippen MR) is 71.6 cm³/mol. The first-order valence-corrected chi connectivity index (χ1v) is 5.23. The van der Waals surface area contributed by atoms with Crippen LogP contribution in [0.15, 0.2) is 24.4 Å². The van der Waals surface area contributed by atoms with E-state index in [1.165, 1.54) is 0 Å². The highest BCUT2D eigenvalue weighted by Gasteiger charge is 2.21. The zero-order valence-electron chi connectivity index (χ0n) is 9.47. The second-order valence-corrected chi connectivity index (χ2v) is 3.72. The maximum atomic E-state index is 14.0. The Bertz CT molecular complexity index is 515. The summed E-state index contributed by atoms with van der Waals surface area (Å²) in [6, 6.07) is 5.40. The van der Waals surface area contributed by atoms with Crippen molar-refractivity contribution >= 4 is 24.8 Å². The highest BCUT2D eigenvalue weighted by molar-refractivity contribution is 5.85. The van der Waals surface area contributed by atoms with E-state index in [9.17, 15) is 4.39 Å². The average Bonchev–Trinajstić information content (AvgIpc) is 2.69. The molecule has 0 saturated carbocycles. The van der Waals surface area contributed by atoms with Crippen molar-refractivity contribution in [1.82, 2.24) is 20.1 Å². The summed E-state index contributed by atoms with van der Waals surface area (Å²) in [5, 5.41) is 7.39. The van der Waals surface area contributed by atoms with Gasteiger partial charge in [-0.3, -0.25) is 9.67 Å². The summed E-state index contributed by atoms with van der Waals surface area (Å²) >= 11 is 0. The second kappa shape index (κ2) is 6.13. The van der Waals surface area contributed by atoms with Crippen LogP contribution in [0.5, 0.6) is 0 Å². The van der Waals surface area contributed by atoms with E-state index in [0.717, 1.165) is 6.54 Å². The Labute approximate surface area is 116 Å². The minimum absolute atomic E-state index is 0. The van der Waals surface area contributed by atoms with Gasteiger partial charge in [-0.05, 0) is 12.1 Å². The lowest BCUT2D eigenvalue weighted by Gasteiger charge is -2.13. The minimum atomic E-state index is -0.258. The molecule has 0 fully saturated rings. The van der Waals surface area contributed by atoms with Gasteiger partial charge in [0.1, 0.15) is 5.69 Å². The van der Waals surface area contributed by atoms with Crippen molar-refractivity contribution in [3.05, 3.63) is 35.9 Å². The number of rotatable bonds is 1. The van der Waals surface area contributed by atoms with Gasteiger partial charge in [0.15, 0.2) is 5.82 Å². The molecule has 0 bridgehead atoms. The van der Waals surface area contributed by atoms with Crippen LogP contribution in [0.3, 0.4) is 0 Å². The Hall–Kier alpha value is -1.17. The van der Waals surface area contributed by atoms with Gasteiger partial charge in [-0.2, -0.15) is 5.10 Å². The fraction of sp³-hybridized carbons (Fsp3) is 0.273. The predicted octanol–water partition coefficient (Wildman–Crippen LogP) is 2.03. The highest BCUT2D eigenvalue weighted by Crippen LogP contribution is 2.22. The van der Waals surface area contributed by atoms with Crippen LogP contribution >= 0.6 is 24.8 Å². The molecule has 7 heteroatoms. The van der Waals surface area contributed by atoms with Gasteiger partial charge in [-0.1, -0.05) is 6.07 Å². The maximum Gasteiger partial charge on any atom is 0.175 e. The molecular weight excluding hydrogens is 278 g/mol. The summed E-state index contributed by atoms with van der Waals surface area (Å²) in [7, 11) is 0. The van der Waals surface area contributed by atoms with Gasteiger partial charge in [-0.25, -0.2) is 4.39 Å². The molecule has 0 amide bonds. The summed E-state index contributed by atoms with van der Waals surface area (Å²) < 4.78 is 15.8. The van der Waals surface area contributed by atoms with E-state index in [0.29, 0.717) is 30.2 Å². The third-order valence-corrected chi connectivity index (χ3v) is 2.69. The first-order chi connectivity index (χ1) is 7.86. The van der Waals surface area contributed by atoms with Crippen LogP contribution in [-0.4, -0.2) is 21.3 Å². The second-order valence-electron chi connectivity index (χ2n) is 3.72. The zero-order chi connectivity index (χ0) is 11.0. The van der Waals surface area contributed by atoms with Crippen molar-refractivity contribution < 1.29 is 4.39 Å². The summed E-state index contributed by atoms with van der Waals surface area (Å²) in [6.45, 7) is 2.07. The van der Waals surface area contributed by atoms with Crippen molar-refractivity contribution in [3.8, 4) is 11.4 Å². The number of aromatic nitrogens is 3. The summed E-state index contributed by atoms with van der Waals surface area (Å²) in [6.07, 6.45) is 1.64. The lowest BCUT2D eigenvalue weighted by atomic mass is 10.2. The van der Waals surface area contributed by atoms with E-state index < -0.39 is 0 Å². The molecule has 0 aromatic carbocycles. The Morgan fingerprint density at radius 1 is 1.28 bits per heavy atom. The van der Waals surface area contributed by atoms with Gasteiger partial charge in [0.2, 0.25) is 0 Å². The largest absolute Gasteiger partial charge is 0.309 e. The molecule has 18 heavy (non-hydrogen) atoms. The van der Waals surface area contributed by atoms with E-state index in [1.807, 2.05) is 6.07 Å². The molecule has 0 saturated heterocycles. The lowest BCUT2D eigenvalue weighted by molar-refractivity contribution is 0.459. The smallest absolute Gasteiger partial charge is 0.175 e. The molecule has 0 unspecified atom stereocenters. The van der Waals surface area contributed by atoms with Gasteiger partial charge in [0.05, 0.1) is 17.9 Å². The van der Waals surface area contributed by atoms with Crippen LogP contribution < -0.4 is 5.32 Å². The van der Waals surface area contributed by atoms with Gasteiger partial charge in [-0.15, -0.1) is 24.8 Å². The van der Waals surface area contributed by atoms with Crippen LogP contribution in [0, 0.1) is 5.82 Å². The van der Waals surface area contributed by atoms with Crippen LogP contribution in [0.4, 0.5) is 4.39 Å². The van der Waals surface area contributed by atoms with Gasteiger partial charge >= 0.3 is 0 Å². The summed E-state index contributed by atoms with van der Waals surface area (Å²) in [4.78, 5) is 4.12. The average molecular weight is 291 g/mol. The van der Waals surface area contributed by atoms with Gasteiger partial charge in [0.25, 0.3) is 0 Å². The minimum Gasteiger partial charge on any atom is -0.309 e. The number of fused-ring (bicyclic) bond motifs is 1. The molecule has 1 N–H and O–H groups in total. The van der Waals surface area contributed by atoms with E-state index in [-0.39, 0.29) is 30.6 Å². The normalized spacial score (nSPS) is 13.2. The Kier molecular flexibility index (Phi) is 5.07. The monoisotopic (exact) mass is 290 g/mol. The van der Waals surface area contributed by atoms with Crippen LogP contribution in [-0.2, 0) is 13.1 Å². The molecule has 3 rings (SSSR count). The van der Waals surface area contributed by atoms with E-state index in [4.69, 9.17) is 0 Å². The third kappa shape index (κ3) is 2.48. The lowest BCUT2D eigenvalue weighted by Crippen LogP contribution is -2.28. The number of nitrogens with one attached hydrogen (secondary N) is 1. The van der Waals surface area contributed by atoms with E-state index in [2.05, 4.69) is 15.4 Å². The number of nitrogens with zero attached hydrogens (tertiary/aromatic N) is 3. The molecule has 98 valence electrons. The first kappa shape index (κ1) is 14.9. The van der Waals surface area contributed by atoms with E-state index in [1.54, 1.807) is 23.0 Å².